The lowest BCUT2D eigenvalue weighted by Crippen LogP contribution is -2.55. The molecule has 0 aromatic carbocycles. The molecule has 4 nitrogen and oxygen atoms in total. The molecular weight excluding hydrogens is 204 g/mol. The summed E-state index contributed by atoms with van der Waals surface area (Å²) in [5.41, 5.74) is 11.5. The Hall–Kier alpha value is -0.610. The van der Waals surface area contributed by atoms with Gasteiger partial charge in [0.1, 0.15) is 0 Å². The van der Waals surface area contributed by atoms with Gasteiger partial charge in [0.2, 0.25) is 0 Å². The van der Waals surface area contributed by atoms with E-state index in [0.717, 1.165) is 0 Å². The van der Waals surface area contributed by atoms with Crippen LogP contribution in [0.1, 0.15) is 41.5 Å². The van der Waals surface area contributed by atoms with Crippen molar-refractivity contribution in [1.29, 1.82) is 0 Å². The third kappa shape index (κ3) is 6.80. The van der Waals surface area contributed by atoms with E-state index in [1.54, 1.807) is 6.92 Å². The van der Waals surface area contributed by atoms with Crippen LogP contribution in [0, 0.1) is 11.8 Å². The molecule has 0 aromatic rings. The second-order valence-electron chi connectivity index (χ2n) is 4.55. The Morgan fingerprint density at radius 3 is 1.62 bits per heavy atom. The minimum atomic E-state index is -0.211. The van der Waals surface area contributed by atoms with Crippen LogP contribution in [0.15, 0.2) is 0 Å². The Balaban J connectivity index is 0. The monoisotopic (exact) mass is 232 g/mol. The molecular formula is C12H28N2O2. The standard InChI is InChI=1S/C8H20N2.C4H8O2/c1-6(2)8(10,5-9)7(3)4;1-3-6-4(2)5/h6-7H,5,9-10H2,1-4H3;3H2,1-2H3. The van der Waals surface area contributed by atoms with Crippen LogP contribution in [0.25, 0.3) is 0 Å². The molecule has 4 N–H and O–H groups in total. The maximum absolute atomic E-state index is 9.82. The molecule has 0 unspecified atom stereocenters. The van der Waals surface area contributed by atoms with Gasteiger partial charge < -0.3 is 16.2 Å². The van der Waals surface area contributed by atoms with Gasteiger partial charge >= 0.3 is 5.97 Å². The van der Waals surface area contributed by atoms with Crippen molar-refractivity contribution in [3.63, 3.8) is 0 Å². The van der Waals surface area contributed by atoms with Crippen LogP contribution < -0.4 is 11.5 Å². The van der Waals surface area contributed by atoms with Gasteiger partial charge in [0, 0.05) is 19.0 Å². The molecule has 4 heteroatoms. The minimum absolute atomic E-state index is 0.181. The summed E-state index contributed by atoms with van der Waals surface area (Å²) in [7, 11) is 0. The van der Waals surface area contributed by atoms with Gasteiger partial charge in [-0.25, -0.2) is 0 Å². The largest absolute Gasteiger partial charge is 0.466 e. The first-order chi connectivity index (χ1) is 7.22. The zero-order valence-corrected chi connectivity index (χ0v) is 11.5. The van der Waals surface area contributed by atoms with Gasteiger partial charge in [0.25, 0.3) is 0 Å². The molecule has 16 heavy (non-hydrogen) atoms. The summed E-state index contributed by atoms with van der Waals surface area (Å²) >= 11 is 0. The molecule has 0 aromatic heterocycles. The molecule has 98 valence electrons. The Bertz CT molecular complexity index is 183. The van der Waals surface area contributed by atoms with E-state index in [9.17, 15) is 4.79 Å². The summed E-state index contributed by atoms with van der Waals surface area (Å²) in [6, 6.07) is 0. The Kier molecular flexibility index (Phi) is 9.48. The van der Waals surface area contributed by atoms with E-state index in [4.69, 9.17) is 11.5 Å². The number of nitrogens with two attached hydrogens (primary N) is 2. The number of carbonyl (C=O) groups excluding carboxylic acids is 1. The van der Waals surface area contributed by atoms with E-state index in [1.165, 1.54) is 6.92 Å². The fourth-order valence-electron chi connectivity index (χ4n) is 1.34. The molecule has 0 atom stereocenters. The van der Waals surface area contributed by atoms with Gasteiger partial charge in [-0.3, -0.25) is 4.79 Å². The van der Waals surface area contributed by atoms with Crippen LogP contribution in [0.2, 0.25) is 0 Å². The van der Waals surface area contributed by atoms with E-state index < -0.39 is 0 Å². The van der Waals surface area contributed by atoms with Crippen molar-refractivity contribution in [3.8, 4) is 0 Å². The van der Waals surface area contributed by atoms with Crippen LogP contribution in [-0.4, -0.2) is 24.7 Å². The van der Waals surface area contributed by atoms with Crippen molar-refractivity contribution in [1.82, 2.24) is 0 Å². The van der Waals surface area contributed by atoms with Crippen molar-refractivity contribution in [2.45, 2.75) is 47.1 Å². The van der Waals surface area contributed by atoms with Crippen LogP contribution in [-0.2, 0) is 9.53 Å². The van der Waals surface area contributed by atoms with Gasteiger partial charge in [-0.1, -0.05) is 27.7 Å². The smallest absolute Gasteiger partial charge is 0.302 e. The number of ether oxygens (including phenoxy) is 1. The SMILES string of the molecule is CC(C)C(N)(CN)C(C)C.CCOC(C)=O. The van der Waals surface area contributed by atoms with Crippen LogP contribution in [0.4, 0.5) is 0 Å². The maximum atomic E-state index is 9.82. The average Bonchev–Trinajstić information content (AvgIpc) is 2.16. The van der Waals surface area contributed by atoms with E-state index in [0.29, 0.717) is 25.0 Å². The third-order valence-electron chi connectivity index (χ3n) is 2.85. The second kappa shape index (κ2) is 8.53. The Labute approximate surface area is 99.7 Å². The molecule has 0 fully saturated rings. The number of carbonyl (C=O) groups is 1. The summed E-state index contributed by atoms with van der Waals surface area (Å²) in [5.74, 6) is 0.701. The first kappa shape index (κ1) is 17.8. The summed E-state index contributed by atoms with van der Waals surface area (Å²) in [5, 5.41) is 0. The fourth-order valence-corrected chi connectivity index (χ4v) is 1.34. The molecule has 0 heterocycles. The van der Waals surface area contributed by atoms with E-state index in [-0.39, 0.29) is 11.5 Å². The van der Waals surface area contributed by atoms with Gasteiger partial charge in [-0.2, -0.15) is 0 Å². The van der Waals surface area contributed by atoms with Crippen molar-refractivity contribution in [3.05, 3.63) is 0 Å². The second-order valence-corrected chi connectivity index (χ2v) is 4.55. The fraction of sp³-hybridized carbons (Fsp3) is 0.917. The van der Waals surface area contributed by atoms with Gasteiger partial charge in [-0.15, -0.1) is 0 Å². The lowest BCUT2D eigenvalue weighted by Gasteiger charge is -2.36. The molecule has 0 radical (unpaired) electrons. The summed E-state index contributed by atoms with van der Waals surface area (Å²) < 4.78 is 4.40. The number of rotatable bonds is 4. The highest BCUT2D eigenvalue weighted by Gasteiger charge is 2.30. The summed E-state index contributed by atoms with van der Waals surface area (Å²) in [6.07, 6.45) is 0. The van der Waals surface area contributed by atoms with Crippen molar-refractivity contribution in [2.24, 2.45) is 23.3 Å². The van der Waals surface area contributed by atoms with Crippen LogP contribution in [0.3, 0.4) is 0 Å². The number of hydrogen-bond acceptors (Lipinski definition) is 4. The van der Waals surface area contributed by atoms with Crippen molar-refractivity contribution in [2.75, 3.05) is 13.2 Å². The van der Waals surface area contributed by atoms with Crippen LogP contribution in [0.5, 0.6) is 0 Å². The first-order valence-electron chi connectivity index (χ1n) is 5.84. The molecule has 0 rings (SSSR count). The molecule has 0 saturated carbocycles. The molecule has 0 amide bonds. The first-order valence-corrected chi connectivity index (χ1v) is 5.84. The molecule has 0 saturated heterocycles. The maximum Gasteiger partial charge on any atom is 0.302 e. The highest BCUT2D eigenvalue weighted by molar-refractivity contribution is 5.65. The van der Waals surface area contributed by atoms with E-state index >= 15 is 0 Å². The van der Waals surface area contributed by atoms with Crippen molar-refractivity contribution >= 4 is 5.97 Å². The van der Waals surface area contributed by atoms with E-state index in [2.05, 4.69) is 32.4 Å². The zero-order chi connectivity index (χ0) is 13.4. The average molecular weight is 232 g/mol. The predicted octanol–water partition coefficient (Wildman–Crippen LogP) is 1.52. The lowest BCUT2D eigenvalue weighted by molar-refractivity contribution is -0.140. The highest BCUT2D eigenvalue weighted by atomic mass is 16.5. The zero-order valence-electron chi connectivity index (χ0n) is 11.5. The summed E-state index contributed by atoms with van der Waals surface area (Å²) in [6.45, 7) is 12.7. The molecule has 0 bridgehead atoms. The Morgan fingerprint density at radius 2 is 1.62 bits per heavy atom. The summed E-state index contributed by atoms with van der Waals surface area (Å²) in [4.78, 5) is 9.82. The lowest BCUT2D eigenvalue weighted by atomic mass is 9.78. The number of esters is 1. The minimum Gasteiger partial charge on any atom is -0.466 e. The topological polar surface area (TPSA) is 78.3 Å². The highest BCUT2D eigenvalue weighted by Crippen LogP contribution is 2.21. The predicted molar refractivity (Wildman–Crippen MR) is 68.0 cm³/mol. The quantitative estimate of drug-likeness (QED) is 0.720. The normalized spacial score (nSPS) is 11.1. The van der Waals surface area contributed by atoms with Gasteiger partial charge in [0.05, 0.1) is 6.61 Å². The Morgan fingerprint density at radius 1 is 1.25 bits per heavy atom. The van der Waals surface area contributed by atoms with Gasteiger partial charge in [0.15, 0.2) is 0 Å². The molecule has 0 aliphatic heterocycles. The van der Waals surface area contributed by atoms with Gasteiger partial charge in [-0.05, 0) is 18.8 Å². The molecule has 0 aliphatic rings. The van der Waals surface area contributed by atoms with Crippen LogP contribution >= 0.6 is 0 Å². The molecule has 0 spiro atoms. The van der Waals surface area contributed by atoms with Crippen molar-refractivity contribution < 1.29 is 9.53 Å². The number of hydrogen-bond donors (Lipinski definition) is 2. The third-order valence-corrected chi connectivity index (χ3v) is 2.85. The molecule has 0 aliphatic carbocycles. The van der Waals surface area contributed by atoms with E-state index in [1.807, 2.05) is 0 Å².